The van der Waals surface area contributed by atoms with Crippen molar-refractivity contribution in [1.82, 2.24) is 25.6 Å². The largest absolute Gasteiger partial charge is 0.349 e. The fourth-order valence-corrected chi connectivity index (χ4v) is 3.44. The Hall–Kier alpha value is -1.44. The Balaban J connectivity index is 0.00000182. The molecule has 0 radical (unpaired) electrons. The number of aromatic nitrogens is 3. The molecule has 1 aromatic carbocycles. The summed E-state index contributed by atoms with van der Waals surface area (Å²) in [6.45, 7) is 1.68. The zero-order chi connectivity index (χ0) is 16.5. The van der Waals surface area contributed by atoms with Crippen LogP contribution in [0, 0.1) is 0 Å². The van der Waals surface area contributed by atoms with Crippen LogP contribution in [-0.4, -0.2) is 40.0 Å². The monoisotopic (exact) mass is 425 g/mol. The smallest absolute Gasteiger partial charge is 0.273 e. The minimum atomic E-state index is -0.117. The van der Waals surface area contributed by atoms with Crippen LogP contribution in [0.25, 0.3) is 5.69 Å². The van der Waals surface area contributed by atoms with Crippen molar-refractivity contribution in [1.29, 1.82) is 0 Å². The predicted molar refractivity (Wildman–Crippen MR) is 102 cm³/mol. The van der Waals surface area contributed by atoms with Gasteiger partial charge in [-0.3, -0.25) is 4.79 Å². The topological polar surface area (TPSA) is 71.8 Å². The number of nitrogens with one attached hydrogen (secondary N) is 2. The maximum atomic E-state index is 12.6. The molecule has 8 heteroatoms. The summed E-state index contributed by atoms with van der Waals surface area (Å²) in [6, 6.07) is 8.28. The summed E-state index contributed by atoms with van der Waals surface area (Å²) in [5, 5.41) is 14.8. The first kappa shape index (κ1) is 18.4. The summed E-state index contributed by atoms with van der Waals surface area (Å²) in [4.78, 5) is 12.6. The standard InChI is InChI=1S/C17H20BrN5O.ClH/c18-12-5-7-14(8-6-12)23-16(11-3-4-11)15(21-22-23)17(24)20-10-13-2-1-9-19-13;/h5-8,11,13,19H,1-4,9-10H2,(H,20,24);1H. The molecule has 1 unspecified atom stereocenters. The molecule has 1 atom stereocenters. The van der Waals surface area contributed by atoms with Crippen molar-refractivity contribution >= 4 is 34.2 Å². The third kappa shape index (κ3) is 4.04. The normalized spacial score (nSPS) is 19.5. The van der Waals surface area contributed by atoms with Crippen molar-refractivity contribution in [3.05, 3.63) is 40.1 Å². The van der Waals surface area contributed by atoms with Crippen molar-refractivity contribution < 1.29 is 4.79 Å². The van der Waals surface area contributed by atoms with Crippen LogP contribution in [0.2, 0.25) is 0 Å². The number of carbonyl (C=O) groups is 1. The summed E-state index contributed by atoms with van der Waals surface area (Å²) in [6.07, 6.45) is 4.47. The highest BCUT2D eigenvalue weighted by Gasteiger charge is 2.34. The third-order valence-electron chi connectivity index (χ3n) is 4.63. The second-order valence-corrected chi connectivity index (χ2v) is 7.40. The van der Waals surface area contributed by atoms with Gasteiger partial charge in [-0.15, -0.1) is 17.5 Å². The molecule has 2 N–H and O–H groups in total. The second-order valence-electron chi connectivity index (χ2n) is 6.49. The lowest BCUT2D eigenvalue weighted by Crippen LogP contribution is -2.37. The maximum absolute atomic E-state index is 12.6. The van der Waals surface area contributed by atoms with Crippen LogP contribution in [0.15, 0.2) is 28.7 Å². The Morgan fingerprint density at radius 3 is 2.68 bits per heavy atom. The minimum absolute atomic E-state index is 0. The number of nitrogens with zero attached hydrogens (tertiary/aromatic N) is 3. The quantitative estimate of drug-likeness (QED) is 0.771. The Morgan fingerprint density at radius 2 is 2.04 bits per heavy atom. The molecular formula is C17H21BrClN5O. The Labute approximate surface area is 161 Å². The minimum Gasteiger partial charge on any atom is -0.349 e. The molecule has 1 aliphatic heterocycles. The number of hydrogen-bond acceptors (Lipinski definition) is 4. The molecule has 2 aromatic rings. The van der Waals surface area contributed by atoms with Crippen molar-refractivity contribution in [3.63, 3.8) is 0 Å². The van der Waals surface area contributed by atoms with Gasteiger partial charge in [-0.25, -0.2) is 4.68 Å². The van der Waals surface area contributed by atoms with Gasteiger partial charge < -0.3 is 10.6 Å². The van der Waals surface area contributed by atoms with Crippen molar-refractivity contribution in [2.45, 2.75) is 37.6 Å². The van der Waals surface area contributed by atoms with E-state index in [-0.39, 0.29) is 18.3 Å². The van der Waals surface area contributed by atoms with Gasteiger partial charge in [-0.1, -0.05) is 21.1 Å². The number of benzene rings is 1. The molecule has 0 bridgehead atoms. The number of hydrogen-bond donors (Lipinski definition) is 2. The molecule has 2 fully saturated rings. The third-order valence-corrected chi connectivity index (χ3v) is 5.16. The van der Waals surface area contributed by atoms with Gasteiger partial charge in [0.25, 0.3) is 5.91 Å². The molecule has 134 valence electrons. The lowest BCUT2D eigenvalue weighted by Gasteiger charge is -2.11. The first-order valence-electron chi connectivity index (χ1n) is 8.45. The van der Waals surface area contributed by atoms with E-state index in [4.69, 9.17) is 0 Å². The lowest BCUT2D eigenvalue weighted by molar-refractivity contribution is 0.0944. The average Bonchev–Trinajstić information content (AvgIpc) is 3.12. The van der Waals surface area contributed by atoms with E-state index in [2.05, 4.69) is 36.9 Å². The van der Waals surface area contributed by atoms with E-state index < -0.39 is 0 Å². The van der Waals surface area contributed by atoms with Crippen LogP contribution in [0.1, 0.15) is 47.8 Å². The SMILES string of the molecule is Cl.O=C(NCC1CCCN1)c1nnn(-c2ccc(Br)cc2)c1C1CC1. The summed E-state index contributed by atoms with van der Waals surface area (Å²) >= 11 is 3.44. The predicted octanol–water partition coefficient (Wildman–Crippen LogP) is 2.81. The maximum Gasteiger partial charge on any atom is 0.273 e. The van der Waals surface area contributed by atoms with Gasteiger partial charge in [0, 0.05) is 23.0 Å². The zero-order valence-corrected chi connectivity index (χ0v) is 16.1. The van der Waals surface area contributed by atoms with E-state index in [1.807, 2.05) is 28.9 Å². The van der Waals surface area contributed by atoms with Crippen LogP contribution >= 0.6 is 28.3 Å². The number of halogens is 2. The summed E-state index contributed by atoms with van der Waals surface area (Å²) < 4.78 is 2.83. The highest BCUT2D eigenvalue weighted by molar-refractivity contribution is 9.10. The van der Waals surface area contributed by atoms with Gasteiger partial charge >= 0.3 is 0 Å². The highest BCUT2D eigenvalue weighted by Crippen LogP contribution is 2.42. The lowest BCUT2D eigenvalue weighted by atomic mass is 10.2. The van der Waals surface area contributed by atoms with Crippen LogP contribution < -0.4 is 10.6 Å². The molecule has 2 aliphatic rings. The number of rotatable bonds is 5. The first-order valence-corrected chi connectivity index (χ1v) is 9.25. The fourth-order valence-electron chi connectivity index (χ4n) is 3.18. The van der Waals surface area contributed by atoms with Gasteiger partial charge in [0.05, 0.1) is 11.4 Å². The van der Waals surface area contributed by atoms with Crippen LogP contribution in [0.3, 0.4) is 0 Å². The molecule has 4 rings (SSSR count). The summed E-state index contributed by atoms with van der Waals surface area (Å²) in [5.74, 6) is 0.267. The van der Waals surface area contributed by atoms with Gasteiger partial charge in [-0.2, -0.15) is 0 Å². The molecule has 2 heterocycles. The number of amides is 1. The van der Waals surface area contributed by atoms with Crippen LogP contribution in [0.4, 0.5) is 0 Å². The van der Waals surface area contributed by atoms with E-state index in [0.29, 0.717) is 24.2 Å². The van der Waals surface area contributed by atoms with Crippen molar-refractivity contribution in [3.8, 4) is 5.69 Å². The fraction of sp³-hybridized carbons (Fsp3) is 0.471. The van der Waals surface area contributed by atoms with Crippen LogP contribution in [-0.2, 0) is 0 Å². The van der Waals surface area contributed by atoms with Crippen LogP contribution in [0.5, 0.6) is 0 Å². The van der Waals surface area contributed by atoms with Crippen molar-refractivity contribution in [2.75, 3.05) is 13.1 Å². The van der Waals surface area contributed by atoms with E-state index >= 15 is 0 Å². The van der Waals surface area contributed by atoms with E-state index in [1.165, 1.54) is 6.42 Å². The molecule has 1 aromatic heterocycles. The van der Waals surface area contributed by atoms with Gasteiger partial charge in [-0.05, 0) is 56.5 Å². The van der Waals surface area contributed by atoms with Gasteiger partial charge in [0.1, 0.15) is 0 Å². The molecule has 1 saturated heterocycles. The molecule has 1 saturated carbocycles. The van der Waals surface area contributed by atoms with Crippen molar-refractivity contribution in [2.24, 2.45) is 0 Å². The van der Waals surface area contributed by atoms with Gasteiger partial charge in [0.15, 0.2) is 5.69 Å². The Kier molecular flexibility index (Phi) is 5.76. The summed E-state index contributed by atoms with van der Waals surface area (Å²) in [5.41, 5.74) is 2.34. The van der Waals surface area contributed by atoms with E-state index in [1.54, 1.807) is 0 Å². The second kappa shape index (κ2) is 7.85. The molecule has 6 nitrogen and oxygen atoms in total. The zero-order valence-electron chi connectivity index (χ0n) is 13.7. The highest BCUT2D eigenvalue weighted by atomic mass is 79.9. The molecule has 1 amide bonds. The number of carbonyl (C=O) groups excluding carboxylic acids is 1. The molecule has 25 heavy (non-hydrogen) atoms. The Bertz CT molecular complexity index is 738. The molecule has 1 aliphatic carbocycles. The van der Waals surface area contributed by atoms with E-state index in [0.717, 1.165) is 41.7 Å². The summed E-state index contributed by atoms with van der Waals surface area (Å²) in [7, 11) is 0. The van der Waals surface area contributed by atoms with Gasteiger partial charge in [0.2, 0.25) is 0 Å². The molecular weight excluding hydrogens is 406 g/mol. The molecule has 0 spiro atoms. The first-order chi connectivity index (χ1) is 11.7. The van der Waals surface area contributed by atoms with E-state index in [9.17, 15) is 4.79 Å². The Morgan fingerprint density at radius 1 is 1.28 bits per heavy atom. The average molecular weight is 427 g/mol.